The standard InChI is InChI=1S/C20H17FN6O3/c1-29-18-13(6-3-8-22-18)24-19-23-10-14-17(26-19)27(20(28)25-14)15-7-9-30-16-11(15)4-2-5-12(16)21/h2-6,8,10,15H,7,9H2,1H3,(H,25,28)(H,23,24,26). The second-order valence-electron chi connectivity index (χ2n) is 6.73. The predicted octanol–water partition coefficient (Wildman–Crippen LogP) is 2.78. The zero-order valence-corrected chi connectivity index (χ0v) is 15.9. The molecule has 10 heteroatoms. The van der Waals surface area contributed by atoms with Crippen molar-refractivity contribution in [3.8, 4) is 11.6 Å². The van der Waals surface area contributed by atoms with Crippen LogP contribution >= 0.6 is 0 Å². The van der Waals surface area contributed by atoms with E-state index in [0.717, 1.165) is 0 Å². The number of rotatable bonds is 4. The Kier molecular flexibility index (Phi) is 4.31. The Hall–Kier alpha value is -3.95. The van der Waals surface area contributed by atoms with Gasteiger partial charge in [0, 0.05) is 18.2 Å². The predicted molar refractivity (Wildman–Crippen MR) is 107 cm³/mol. The fraction of sp³-hybridized carbons (Fsp3) is 0.200. The molecule has 0 bridgehead atoms. The first-order chi connectivity index (χ1) is 14.7. The van der Waals surface area contributed by atoms with Crippen molar-refractivity contribution in [3.05, 3.63) is 64.6 Å². The molecule has 3 aromatic heterocycles. The van der Waals surface area contributed by atoms with Crippen LogP contribution in [0, 0.1) is 5.82 Å². The minimum absolute atomic E-state index is 0.169. The van der Waals surface area contributed by atoms with E-state index in [2.05, 4.69) is 25.3 Å². The van der Waals surface area contributed by atoms with Gasteiger partial charge in [-0.2, -0.15) is 4.98 Å². The number of benzene rings is 1. The quantitative estimate of drug-likeness (QED) is 0.535. The van der Waals surface area contributed by atoms with E-state index in [1.54, 1.807) is 30.5 Å². The molecule has 4 heterocycles. The number of fused-ring (bicyclic) bond motifs is 2. The van der Waals surface area contributed by atoms with Crippen LogP contribution in [0.2, 0.25) is 0 Å². The zero-order chi connectivity index (χ0) is 20.7. The Morgan fingerprint density at radius 1 is 1.30 bits per heavy atom. The van der Waals surface area contributed by atoms with E-state index in [9.17, 15) is 9.18 Å². The molecule has 1 atom stereocenters. The highest BCUT2D eigenvalue weighted by atomic mass is 19.1. The van der Waals surface area contributed by atoms with Crippen molar-refractivity contribution >= 4 is 22.8 Å². The molecule has 152 valence electrons. The Bertz CT molecular complexity index is 1300. The van der Waals surface area contributed by atoms with Gasteiger partial charge in [0.05, 0.1) is 26.0 Å². The van der Waals surface area contributed by atoms with Crippen LogP contribution in [0.4, 0.5) is 16.0 Å². The van der Waals surface area contributed by atoms with Gasteiger partial charge in [-0.15, -0.1) is 0 Å². The van der Waals surface area contributed by atoms with Crippen molar-refractivity contribution in [1.29, 1.82) is 0 Å². The van der Waals surface area contributed by atoms with E-state index in [0.29, 0.717) is 41.3 Å². The maximum Gasteiger partial charge on any atom is 0.328 e. The molecule has 1 aliphatic heterocycles. The molecular weight excluding hydrogens is 391 g/mol. The SMILES string of the molecule is COc1ncccc1Nc1ncc2[nH]c(=O)n(C3CCOc4c(F)cccc43)c2n1. The molecule has 1 unspecified atom stereocenters. The number of H-pyrrole nitrogens is 1. The first-order valence-corrected chi connectivity index (χ1v) is 9.30. The minimum atomic E-state index is -0.453. The fourth-order valence-electron chi connectivity index (χ4n) is 3.67. The minimum Gasteiger partial charge on any atom is -0.490 e. The van der Waals surface area contributed by atoms with Gasteiger partial charge >= 0.3 is 5.69 Å². The molecule has 2 N–H and O–H groups in total. The number of para-hydroxylation sites is 1. The monoisotopic (exact) mass is 408 g/mol. The second-order valence-corrected chi connectivity index (χ2v) is 6.73. The zero-order valence-electron chi connectivity index (χ0n) is 15.9. The molecule has 30 heavy (non-hydrogen) atoms. The molecule has 0 amide bonds. The third kappa shape index (κ3) is 2.93. The number of halogens is 1. The number of hydrogen-bond donors (Lipinski definition) is 2. The van der Waals surface area contributed by atoms with Crippen molar-refractivity contribution in [2.45, 2.75) is 12.5 Å². The van der Waals surface area contributed by atoms with Gasteiger partial charge in [0.1, 0.15) is 11.2 Å². The van der Waals surface area contributed by atoms with Crippen molar-refractivity contribution in [2.24, 2.45) is 0 Å². The van der Waals surface area contributed by atoms with Gasteiger partial charge in [0.15, 0.2) is 17.2 Å². The van der Waals surface area contributed by atoms with Gasteiger partial charge in [-0.3, -0.25) is 4.57 Å². The van der Waals surface area contributed by atoms with Gasteiger partial charge in [-0.25, -0.2) is 19.2 Å². The number of methoxy groups -OCH3 is 1. The summed E-state index contributed by atoms with van der Waals surface area (Å²) in [6.45, 7) is 0.292. The highest BCUT2D eigenvalue weighted by molar-refractivity contribution is 5.73. The van der Waals surface area contributed by atoms with Crippen LogP contribution < -0.4 is 20.5 Å². The molecule has 0 saturated carbocycles. The van der Waals surface area contributed by atoms with E-state index in [1.165, 1.54) is 23.9 Å². The summed E-state index contributed by atoms with van der Waals surface area (Å²) in [4.78, 5) is 28.4. The first-order valence-electron chi connectivity index (χ1n) is 9.30. The summed E-state index contributed by atoms with van der Waals surface area (Å²) in [5.41, 5.74) is 1.72. The summed E-state index contributed by atoms with van der Waals surface area (Å²) in [5, 5.41) is 3.06. The average Bonchev–Trinajstić information content (AvgIpc) is 3.09. The lowest BCUT2D eigenvalue weighted by Gasteiger charge is -2.26. The van der Waals surface area contributed by atoms with E-state index in [-0.39, 0.29) is 17.4 Å². The molecular formula is C20H17FN6O3. The number of aromatic nitrogens is 5. The number of hydrogen-bond acceptors (Lipinski definition) is 7. The number of pyridine rings is 1. The van der Waals surface area contributed by atoms with Crippen molar-refractivity contribution in [1.82, 2.24) is 24.5 Å². The Labute approximate surface area is 169 Å². The van der Waals surface area contributed by atoms with Gasteiger partial charge in [0.25, 0.3) is 0 Å². The Balaban J connectivity index is 1.61. The number of nitrogens with one attached hydrogen (secondary N) is 2. The number of aromatic amines is 1. The third-order valence-electron chi connectivity index (χ3n) is 4.97. The lowest BCUT2D eigenvalue weighted by atomic mass is 10.00. The highest BCUT2D eigenvalue weighted by Crippen LogP contribution is 2.37. The largest absolute Gasteiger partial charge is 0.490 e. The van der Waals surface area contributed by atoms with Gasteiger partial charge in [-0.05, 0) is 18.2 Å². The molecule has 1 aromatic carbocycles. The molecule has 9 nitrogen and oxygen atoms in total. The topological polar surface area (TPSA) is 107 Å². The maximum atomic E-state index is 14.2. The first kappa shape index (κ1) is 18.1. The molecule has 0 radical (unpaired) electrons. The van der Waals surface area contributed by atoms with Gasteiger partial charge in [-0.1, -0.05) is 12.1 Å². The molecule has 0 fully saturated rings. The van der Waals surface area contributed by atoms with E-state index >= 15 is 0 Å². The lowest BCUT2D eigenvalue weighted by Crippen LogP contribution is -2.28. The summed E-state index contributed by atoms with van der Waals surface area (Å²) < 4.78 is 26.5. The second kappa shape index (κ2) is 7.14. The smallest absolute Gasteiger partial charge is 0.328 e. The summed E-state index contributed by atoms with van der Waals surface area (Å²) in [6.07, 6.45) is 3.64. The van der Waals surface area contributed by atoms with Crippen LogP contribution in [0.3, 0.4) is 0 Å². The number of anilines is 2. The van der Waals surface area contributed by atoms with Crippen LogP contribution in [0.1, 0.15) is 18.0 Å². The summed E-state index contributed by atoms with van der Waals surface area (Å²) in [6, 6.07) is 7.82. The highest BCUT2D eigenvalue weighted by Gasteiger charge is 2.28. The van der Waals surface area contributed by atoms with Gasteiger partial charge < -0.3 is 19.8 Å². The number of nitrogens with zero attached hydrogens (tertiary/aromatic N) is 4. The Morgan fingerprint density at radius 3 is 3.07 bits per heavy atom. The van der Waals surface area contributed by atoms with Crippen LogP contribution in [-0.4, -0.2) is 38.2 Å². The van der Waals surface area contributed by atoms with E-state index in [1.807, 2.05) is 0 Å². The van der Waals surface area contributed by atoms with Crippen molar-refractivity contribution < 1.29 is 13.9 Å². The summed E-state index contributed by atoms with van der Waals surface area (Å²) in [7, 11) is 1.52. The maximum absolute atomic E-state index is 14.2. The van der Waals surface area contributed by atoms with Crippen molar-refractivity contribution in [3.63, 3.8) is 0 Å². The number of imidazole rings is 1. The third-order valence-corrected chi connectivity index (χ3v) is 4.97. The van der Waals surface area contributed by atoms with Crippen LogP contribution in [-0.2, 0) is 0 Å². The molecule has 1 aliphatic rings. The Morgan fingerprint density at radius 2 is 2.20 bits per heavy atom. The molecule has 0 spiro atoms. The normalized spacial score (nSPS) is 15.5. The van der Waals surface area contributed by atoms with Crippen LogP contribution in [0.25, 0.3) is 11.2 Å². The summed E-state index contributed by atoms with van der Waals surface area (Å²) in [5.74, 6) is 0.378. The molecule has 0 aliphatic carbocycles. The lowest BCUT2D eigenvalue weighted by molar-refractivity contribution is 0.244. The average molecular weight is 408 g/mol. The summed E-state index contributed by atoms with van der Waals surface area (Å²) >= 11 is 0. The van der Waals surface area contributed by atoms with Crippen LogP contribution in [0.5, 0.6) is 11.6 Å². The van der Waals surface area contributed by atoms with Crippen LogP contribution in [0.15, 0.2) is 47.5 Å². The molecule has 4 aromatic rings. The van der Waals surface area contributed by atoms with E-state index < -0.39 is 11.9 Å². The molecule has 0 saturated heterocycles. The fourth-order valence-corrected chi connectivity index (χ4v) is 3.67. The molecule has 5 rings (SSSR count). The number of ether oxygens (including phenoxy) is 2. The van der Waals surface area contributed by atoms with Crippen molar-refractivity contribution in [2.75, 3.05) is 19.0 Å². The van der Waals surface area contributed by atoms with Gasteiger partial charge in [0.2, 0.25) is 11.8 Å². The van der Waals surface area contributed by atoms with E-state index in [4.69, 9.17) is 9.47 Å².